The highest BCUT2D eigenvalue weighted by molar-refractivity contribution is 7.26. The third-order valence-electron chi connectivity index (χ3n) is 9.46. The van der Waals surface area contributed by atoms with Crippen LogP contribution in [0.15, 0.2) is 170 Å². The van der Waals surface area contributed by atoms with E-state index in [4.69, 9.17) is 15.0 Å². The van der Waals surface area contributed by atoms with E-state index in [1.165, 1.54) is 30.9 Å². The van der Waals surface area contributed by atoms with Crippen LogP contribution in [0.1, 0.15) is 0 Å². The average Bonchev–Trinajstić information content (AvgIpc) is 3.74. The lowest BCUT2D eigenvalue weighted by molar-refractivity contribution is 1.06. The Labute approximate surface area is 292 Å². The Morgan fingerprint density at radius 3 is 1.62 bits per heavy atom. The van der Waals surface area contributed by atoms with Gasteiger partial charge in [0.2, 0.25) is 0 Å². The lowest BCUT2D eigenvalue weighted by Gasteiger charge is -2.19. The molecule has 0 fully saturated rings. The number of fused-ring (bicyclic) bond motifs is 7. The first-order valence-corrected chi connectivity index (χ1v) is 17.5. The number of hydrogen-bond acceptors (Lipinski definition) is 4. The lowest BCUT2D eigenvalue weighted by atomic mass is 9.98. The Kier molecular flexibility index (Phi) is 6.64. The van der Waals surface area contributed by atoms with Crippen LogP contribution in [0.2, 0.25) is 0 Å². The number of rotatable bonds is 5. The van der Waals surface area contributed by atoms with Gasteiger partial charge in [-0.1, -0.05) is 140 Å². The van der Waals surface area contributed by atoms with Crippen molar-refractivity contribution < 1.29 is 0 Å². The van der Waals surface area contributed by atoms with Crippen molar-refractivity contribution in [1.29, 1.82) is 0 Å². The fourth-order valence-corrected chi connectivity index (χ4v) is 8.37. The smallest absolute Gasteiger partial charge is 0.166 e. The summed E-state index contributed by atoms with van der Waals surface area (Å²) in [4.78, 5) is 15.4. The first-order chi connectivity index (χ1) is 24.8. The Morgan fingerprint density at radius 1 is 0.360 bits per heavy atom. The number of thiophene rings is 1. The van der Waals surface area contributed by atoms with E-state index in [-0.39, 0.29) is 0 Å². The van der Waals surface area contributed by atoms with Gasteiger partial charge in [0, 0.05) is 53.2 Å². The molecule has 3 heterocycles. The van der Waals surface area contributed by atoms with E-state index in [1.807, 2.05) is 47.7 Å². The van der Waals surface area contributed by atoms with Crippen molar-refractivity contribution in [1.82, 2.24) is 19.5 Å². The molecule has 10 aromatic rings. The maximum absolute atomic E-state index is 5.21. The molecule has 50 heavy (non-hydrogen) atoms. The van der Waals surface area contributed by atoms with Crippen LogP contribution >= 0.6 is 11.3 Å². The summed E-state index contributed by atoms with van der Waals surface area (Å²) < 4.78 is 5.02. The summed E-state index contributed by atoms with van der Waals surface area (Å²) in [7, 11) is 0. The quantitative estimate of drug-likeness (QED) is 0.185. The summed E-state index contributed by atoms with van der Waals surface area (Å²) in [6, 6.07) is 59.5. The van der Waals surface area contributed by atoms with Crippen LogP contribution in [0.25, 0.3) is 93.0 Å². The second-order valence-electron chi connectivity index (χ2n) is 12.4. The third-order valence-corrected chi connectivity index (χ3v) is 10.6. The first-order valence-electron chi connectivity index (χ1n) is 16.7. The van der Waals surface area contributed by atoms with Crippen LogP contribution in [-0.2, 0) is 0 Å². The fourth-order valence-electron chi connectivity index (χ4n) is 7.26. The third kappa shape index (κ3) is 4.55. The van der Waals surface area contributed by atoms with Gasteiger partial charge in [-0.05, 0) is 35.9 Å². The zero-order valence-electron chi connectivity index (χ0n) is 26.9. The molecular weight excluding hydrogens is 629 g/mol. The molecule has 0 aliphatic rings. The molecule has 0 spiro atoms. The molecule has 0 aliphatic carbocycles. The van der Waals surface area contributed by atoms with Gasteiger partial charge < -0.3 is 4.57 Å². The largest absolute Gasteiger partial charge is 0.308 e. The highest BCUT2D eigenvalue weighted by Gasteiger charge is 2.24. The van der Waals surface area contributed by atoms with Gasteiger partial charge in [0.15, 0.2) is 17.5 Å². The normalized spacial score (nSPS) is 11.6. The van der Waals surface area contributed by atoms with Crippen LogP contribution in [0.4, 0.5) is 0 Å². The molecule has 7 aromatic carbocycles. The number of para-hydroxylation sites is 2. The van der Waals surface area contributed by atoms with E-state index in [0.29, 0.717) is 17.5 Å². The molecule has 0 radical (unpaired) electrons. The van der Waals surface area contributed by atoms with Gasteiger partial charge in [-0.2, -0.15) is 0 Å². The average molecular weight is 657 g/mol. The minimum atomic E-state index is 0.624. The summed E-state index contributed by atoms with van der Waals surface area (Å²) in [5.74, 6) is 1.90. The molecule has 4 nitrogen and oxygen atoms in total. The number of nitrogens with zero attached hydrogens (tertiary/aromatic N) is 4. The Bertz CT molecular complexity index is 2800. The fraction of sp³-hybridized carbons (Fsp3) is 0. The van der Waals surface area contributed by atoms with E-state index in [2.05, 4.69) is 138 Å². The predicted molar refractivity (Wildman–Crippen MR) is 209 cm³/mol. The minimum absolute atomic E-state index is 0.624. The predicted octanol–water partition coefficient (Wildman–Crippen LogP) is 12.0. The topological polar surface area (TPSA) is 43.6 Å². The van der Waals surface area contributed by atoms with Crippen LogP contribution in [0.5, 0.6) is 0 Å². The summed E-state index contributed by atoms with van der Waals surface area (Å²) in [5, 5.41) is 5.07. The van der Waals surface area contributed by atoms with E-state index >= 15 is 0 Å². The number of hydrogen-bond donors (Lipinski definition) is 0. The zero-order valence-corrected chi connectivity index (χ0v) is 27.7. The molecule has 0 amide bonds. The monoisotopic (exact) mass is 656 g/mol. The maximum atomic E-state index is 5.21. The maximum Gasteiger partial charge on any atom is 0.166 e. The summed E-state index contributed by atoms with van der Waals surface area (Å²) >= 11 is 1.85. The van der Waals surface area contributed by atoms with Crippen LogP contribution < -0.4 is 0 Å². The Hall–Kier alpha value is -6.43. The van der Waals surface area contributed by atoms with E-state index in [0.717, 1.165) is 44.5 Å². The standard InChI is InChI=1S/C45H28N4S/c1-4-15-29(16-5-1)32-23-14-24-35(45-47-43(30-17-6-2-7-18-30)46-44(48-45)31-19-8-3-9-20-31)42(32)49-36-25-12-10-21-33(36)40-37(49)27-28-39-41(40)34-22-11-13-26-38(34)50-39/h1-28H. The highest BCUT2D eigenvalue weighted by atomic mass is 32.1. The molecular formula is C45H28N4S. The molecule has 0 aliphatic heterocycles. The zero-order chi connectivity index (χ0) is 33.0. The molecule has 0 N–H and O–H groups in total. The van der Waals surface area contributed by atoms with Gasteiger partial charge in [-0.15, -0.1) is 11.3 Å². The van der Waals surface area contributed by atoms with Crippen LogP contribution in [-0.4, -0.2) is 19.5 Å². The van der Waals surface area contributed by atoms with Gasteiger partial charge in [-0.3, -0.25) is 0 Å². The van der Waals surface area contributed by atoms with Crippen LogP contribution in [0.3, 0.4) is 0 Å². The van der Waals surface area contributed by atoms with E-state index in [1.54, 1.807) is 0 Å². The van der Waals surface area contributed by atoms with Crippen molar-refractivity contribution in [3.8, 4) is 51.0 Å². The van der Waals surface area contributed by atoms with Crippen molar-refractivity contribution in [2.75, 3.05) is 0 Å². The molecule has 0 atom stereocenters. The second kappa shape index (κ2) is 11.6. The second-order valence-corrected chi connectivity index (χ2v) is 13.5. The van der Waals surface area contributed by atoms with Crippen molar-refractivity contribution in [3.63, 3.8) is 0 Å². The molecule has 10 rings (SSSR count). The van der Waals surface area contributed by atoms with Gasteiger partial charge in [-0.25, -0.2) is 15.0 Å². The first kappa shape index (κ1) is 28.6. The molecule has 0 unspecified atom stereocenters. The molecule has 5 heteroatoms. The van der Waals surface area contributed by atoms with E-state index in [9.17, 15) is 0 Å². The van der Waals surface area contributed by atoms with Gasteiger partial charge in [0.05, 0.1) is 16.7 Å². The summed E-state index contributed by atoms with van der Waals surface area (Å²) in [6.45, 7) is 0. The molecule has 0 saturated carbocycles. The summed E-state index contributed by atoms with van der Waals surface area (Å²) in [5.41, 5.74) is 8.36. The molecule has 234 valence electrons. The molecule has 0 saturated heterocycles. The van der Waals surface area contributed by atoms with Gasteiger partial charge in [0.25, 0.3) is 0 Å². The lowest BCUT2D eigenvalue weighted by Crippen LogP contribution is -2.05. The van der Waals surface area contributed by atoms with E-state index < -0.39 is 0 Å². The number of benzene rings is 7. The van der Waals surface area contributed by atoms with Gasteiger partial charge >= 0.3 is 0 Å². The number of aromatic nitrogens is 4. The van der Waals surface area contributed by atoms with Crippen molar-refractivity contribution in [2.24, 2.45) is 0 Å². The van der Waals surface area contributed by atoms with Gasteiger partial charge in [0.1, 0.15) is 0 Å². The van der Waals surface area contributed by atoms with Crippen LogP contribution in [0, 0.1) is 0 Å². The Balaban J connectivity index is 1.35. The minimum Gasteiger partial charge on any atom is -0.308 e. The van der Waals surface area contributed by atoms with Crippen molar-refractivity contribution >= 4 is 53.3 Å². The summed E-state index contributed by atoms with van der Waals surface area (Å²) in [6.07, 6.45) is 0. The van der Waals surface area contributed by atoms with Crippen molar-refractivity contribution in [2.45, 2.75) is 0 Å². The highest BCUT2D eigenvalue weighted by Crippen LogP contribution is 2.46. The molecule has 3 aromatic heterocycles. The Morgan fingerprint density at radius 2 is 0.920 bits per heavy atom. The molecule has 0 bridgehead atoms. The SMILES string of the molecule is c1ccc(-c2nc(-c3ccccc3)nc(-c3cccc(-c4ccccc4)c3-n3c4ccccc4c4c5c(ccc43)sc3ccccc35)n2)cc1. The van der Waals surface area contributed by atoms with Crippen molar-refractivity contribution in [3.05, 3.63) is 170 Å².